The molecule has 0 atom stereocenters. The largest absolute Gasteiger partial charge is 0.342 e. The second-order valence-electron chi connectivity index (χ2n) is 4.72. The van der Waals surface area contributed by atoms with Gasteiger partial charge in [-0.3, -0.25) is 9.59 Å². The topological polar surface area (TPSA) is 49.4 Å². The summed E-state index contributed by atoms with van der Waals surface area (Å²) in [4.78, 5) is 26.1. The van der Waals surface area contributed by atoms with Crippen LogP contribution >= 0.6 is 11.3 Å². The molecule has 2 amide bonds. The molecular weight excluding hydrogens is 248 g/mol. The quantitative estimate of drug-likeness (QED) is 0.906. The zero-order chi connectivity index (χ0) is 13.0. The summed E-state index contributed by atoms with van der Waals surface area (Å²) < 4.78 is 0. The highest BCUT2D eigenvalue weighted by Gasteiger charge is 2.20. The fraction of sp³-hybridized carbons (Fsp3) is 0.538. The average Bonchev–Trinajstić information content (AvgIpc) is 2.90. The molecule has 0 radical (unpaired) electrons. The Hall–Kier alpha value is -1.36. The molecule has 18 heavy (non-hydrogen) atoms. The minimum absolute atomic E-state index is 0.0202. The Morgan fingerprint density at radius 1 is 1.44 bits per heavy atom. The van der Waals surface area contributed by atoms with Crippen LogP contribution in [0.1, 0.15) is 29.4 Å². The van der Waals surface area contributed by atoms with Crippen molar-refractivity contribution in [1.82, 2.24) is 10.2 Å². The number of amides is 2. The number of rotatable bonds is 3. The number of likely N-dealkylation sites (tertiary alicyclic amines) is 1. The van der Waals surface area contributed by atoms with Gasteiger partial charge in [-0.05, 0) is 30.2 Å². The van der Waals surface area contributed by atoms with Crippen molar-refractivity contribution < 1.29 is 9.59 Å². The van der Waals surface area contributed by atoms with Crippen molar-refractivity contribution in [3.05, 3.63) is 22.4 Å². The third-order valence-electron chi connectivity index (χ3n) is 3.28. The van der Waals surface area contributed by atoms with Crippen molar-refractivity contribution in [3.8, 4) is 0 Å². The van der Waals surface area contributed by atoms with Crippen LogP contribution in [0.5, 0.6) is 0 Å². The normalized spacial score (nSPS) is 16.6. The molecule has 2 heterocycles. The van der Waals surface area contributed by atoms with Crippen molar-refractivity contribution in [2.45, 2.75) is 19.8 Å². The average molecular weight is 266 g/mol. The lowest BCUT2D eigenvalue weighted by Crippen LogP contribution is -2.43. The Bertz CT molecular complexity index is 409. The van der Waals surface area contributed by atoms with Gasteiger partial charge in [-0.1, -0.05) is 13.0 Å². The van der Waals surface area contributed by atoms with E-state index in [4.69, 9.17) is 0 Å². The van der Waals surface area contributed by atoms with Gasteiger partial charge in [0.25, 0.3) is 5.91 Å². The number of thiophene rings is 1. The lowest BCUT2D eigenvalue weighted by atomic mass is 9.99. The maximum atomic E-state index is 11.9. The number of carbonyl (C=O) groups is 2. The first-order chi connectivity index (χ1) is 8.66. The van der Waals surface area contributed by atoms with E-state index in [1.54, 1.807) is 6.07 Å². The molecule has 1 N–H and O–H groups in total. The Morgan fingerprint density at radius 3 is 2.78 bits per heavy atom. The predicted molar refractivity (Wildman–Crippen MR) is 71.6 cm³/mol. The third kappa shape index (κ3) is 3.32. The molecule has 1 saturated heterocycles. The maximum absolute atomic E-state index is 11.9. The van der Waals surface area contributed by atoms with Gasteiger partial charge in [0.2, 0.25) is 5.91 Å². The molecule has 5 heteroatoms. The summed E-state index contributed by atoms with van der Waals surface area (Å²) in [6.45, 7) is 3.94. The van der Waals surface area contributed by atoms with Crippen LogP contribution < -0.4 is 5.32 Å². The monoisotopic (exact) mass is 266 g/mol. The molecule has 0 unspecified atom stereocenters. The fourth-order valence-corrected chi connectivity index (χ4v) is 2.66. The molecule has 4 nitrogen and oxygen atoms in total. The van der Waals surface area contributed by atoms with E-state index in [-0.39, 0.29) is 18.4 Å². The zero-order valence-corrected chi connectivity index (χ0v) is 11.3. The molecule has 1 aromatic heterocycles. The molecule has 1 fully saturated rings. The SMILES string of the molecule is CC1CCN(C(=O)CNC(=O)c2cccs2)CC1. The Balaban J connectivity index is 1.76. The van der Waals surface area contributed by atoms with E-state index < -0.39 is 0 Å². The molecular formula is C13H18N2O2S. The second kappa shape index (κ2) is 6.00. The van der Waals surface area contributed by atoms with Gasteiger partial charge in [-0.25, -0.2) is 0 Å². The van der Waals surface area contributed by atoms with Gasteiger partial charge in [-0.2, -0.15) is 0 Å². The van der Waals surface area contributed by atoms with E-state index in [1.165, 1.54) is 11.3 Å². The number of nitrogens with one attached hydrogen (secondary N) is 1. The van der Waals surface area contributed by atoms with Crippen LogP contribution in [0, 0.1) is 5.92 Å². The number of hydrogen-bond donors (Lipinski definition) is 1. The first kappa shape index (κ1) is 13.1. The van der Waals surface area contributed by atoms with Crippen LogP contribution in [0.2, 0.25) is 0 Å². The van der Waals surface area contributed by atoms with E-state index in [2.05, 4.69) is 12.2 Å². The first-order valence-corrected chi connectivity index (χ1v) is 7.14. The summed E-state index contributed by atoms with van der Waals surface area (Å²) in [6.07, 6.45) is 2.12. The second-order valence-corrected chi connectivity index (χ2v) is 5.67. The van der Waals surface area contributed by atoms with Crippen molar-refractivity contribution in [2.24, 2.45) is 5.92 Å². The maximum Gasteiger partial charge on any atom is 0.261 e. The molecule has 0 saturated carbocycles. The molecule has 1 aromatic rings. The minimum atomic E-state index is -0.163. The van der Waals surface area contributed by atoms with Crippen LogP contribution in [0.3, 0.4) is 0 Å². The van der Waals surface area contributed by atoms with Crippen LogP contribution in [-0.2, 0) is 4.79 Å². The summed E-state index contributed by atoms with van der Waals surface area (Å²) >= 11 is 1.38. The zero-order valence-electron chi connectivity index (χ0n) is 10.5. The van der Waals surface area contributed by atoms with Gasteiger partial charge in [0.05, 0.1) is 11.4 Å². The summed E-state index contributed by atoms with van der Waals surface area (Å²) in [5, 5.41) is 4.52. The molecule has 1 aliphatic heterocycles. The lowest BCUT2D eigenvalue weighted by Gasteiger charge is -2.30. The first-order valence-electron chi connectivity index (χ1n) is 6.26. The highest BCUT2D eigenvalue weighted by Crippen LogP contribution is 2.15. The summed E-state index contributed by atoms with van der Waals surface area (Å²) in [5.41, 5.74) is 0. The van der Waals surface area contributed by atoms with Gasteiger partial charge in [0.1, 0.15) is 0 Å². The minimum Gasteiger partial charge on any atom is -0.342 e. The molecule has 0 aliphatic carbocycles. The van der Waals surface area contributed by atoms with E-state index in [0.717, 1.165) is 25.9 Å². The molecule has 98 valence electrons. The van der Waals surface area contributed by atoms with Gasteiger partial charge >= 0.3 is 0 Å². The lowest BCUT2D eigenvalue weighted by molar-refractivity contribution is -0.131. The van der Waals surface area contributed by atoms with Gasteiger partial charge < -0.3 is 10.2 Å². The van der Waals surface area contributed by atoms with Gasteiger partial charge in [0, 0.05) is 13.1 Å². The molecule has 0 bridgehead atoms. The van der Waals surface area contributed by atoms with Crippen LogP contribution in [-0.4, -0.2) is 36.3 Å². The number of carbonyl (C=O) groups excluding carboxylic acids is 2. The Kier molecular flexibility index (Phi) is 4.36. The summed E-state index contributed by atoms with van der Waals surface area (Å²) in [5.74, 6) is 0.560. The van der Waals surface area contributed by atoms with Crippen molar-refractivity contribution in [3.63, 3.8) is 0 Å². The number of hydrogen-bond acceptors (Lipinski definition) is 3. The van der Waals surface area contributed by atoms with Crippen molar-refractivity contribution in [1.29, 1.82) is 0 Å². The highest BCUT2D eigenvalue weighted by atomic mass is 32.1. The summed E-state index contributed by atoms with van der Waals surface area (Å²) in [6, 6.07) is 3.58. The van der Waals surface area contributed by atoms with Gasteiger partial charge in [-0.15, -0.1) is 11.3 Å². The fourth-order valence-electron chi connectivity index (χ4n) is 2.02. The van der Waals surface area contributed by atoms with E-state index in [1.807, 2.05) is 16.3 Å². The Morgan fingerprint density at radius 2 is 2.17 bits per heavy atom. The number of piperidine rings is 1. The van der Waals surface area contributed by atoms with E-state index >= 15 is 0 Å². The molecule has 2 rings (SSSR count). The van der Waals surface area contributed by atoms with Crippen LogP contribution in [0.25, 0.3) is 0 Å². The van der Waals surface area contributed by atoms with Gasteiger partial charge in [0.15, 0.2) is 0 Å². The van der Waals surface area contributed by atoms with Crippen LogP contribution in [0.15, 0.2) is 17.5 Å². The molecule has 1 aliphatic rings. The molecule has 0 spiro atoms. The van der Waals surface area contributed by atoms with Crippen molar-refractivity contribution >= 4 is 23.2 Å². The van der Waals surface area contributed by atoms with E-state index in [0.29, 0.717) is 10.8 Å². The third-order valence-corrected chi connectivity index (χ3v) is 4.15. The smallest absolute Gasteiger partial charge is 0.261 e. The highest BCUT2D eigenvalue weighted by molar-refractivity contribution is 7.12. The Labute approximate surface area is 111 Å². The van der Waals surface area contributed by atoms with E-state index in [9.17, 15) is 9.59 Å². The predicted octanol–water partition coefficient (Wildman–Crippen LogP) is 1.74. The standard InChI is InChI=1S/C13H18N2O2S/c1-10-4-6-15(7-5-10)12(16)9-14-13(17)11-3-2-8-18-11/h2-3,8,10H,4-7,9H2,1H3,(H,14,17). The molecule has 0 aromatic carbocycles. The van der Waals surface area contributed by atoms with Crippen molar-refractivity contribution in [2.75, 3.05) is 19.6 Å². The number of nitrogens with zero attached hydrogens (tertiary/aromatic N) is 1. The summed E-state index contributed by atoms with van der Waals surface area (Å²) in [7, 11) is 0. The van der Waals surface area contributed by atoms with Crippen LogP contribution in [0.4, 0.5) is 0 Å².